The van der Waals surface area contributed by atoms with Gasteiger partial charge in [0, 0.05) is 30.0 Å². The molecule has 3 heteroatoms. The van der Waals surface area contributed by atoms with Crippen molar-refractivity contribution in [3.63, 3.8) is 0 Å². The summed E-state index contributed by atoms with van der Waals surface area (Å²) in [5.74, 6) is -0.101. The summed E-state index contributed by atoms with van der Waals surface area (Å²) >= 11 is 0. The van der Waals surface area contributed by atoms with Crippen molar-refractivity contribution in [3.8, 4) is 0 Å². The van der Waals surface area contributed by atoms with Gasteiger partial charge in [0.15, 0.2) is 0 Å². The van der Waals surface area contributed by atoms with Crippen LogP contribution in [0.3, 0.4) is 0 Å². The minimum absolute atomic E-state index is 0.101. The summed E-state index contributed by atoms with van der Waals surface area (Å²) in [4.78, 5) is 14.5. The molecule has 3 aromatic rings. The molecule has 0 saturated carbocycles. The number of ether oxygens (including phenoxy) is 1. The molecule has 24 heavy (non-hydrogen) atoms. The molecule has 0 saturated heterocycles. The molecule has 4 rings (SSSR count). The fraction of sp³-hybridized carbons (Fsp3) is 0.0952. The number of methoxy groups -OCH3 is 1. The summed E-state index contributed by atoms with van der Waals surface area (Å²) in [5.41, 5.74) is 1.42. The predicted octanol–water partition coefficient (Wildman–Crippen LogP) is 4.29. The summed E-state index contributed by atoms with van der Waals surface area (Å²) in [6.07, 6.45) is 1.55. The molecule has 0 aromatic heterocycles. The Morgan fingerprint density at radius 1 is 0.958 bits per heavy atom. The van der Waals surface area contributed by atoms with Gasteiger partial charge in [-0.2, -0.15) is 0 Å². The van der Waals surface area contributed by atoms with Gasteiger partial charge in [0.05, 0.1) is 0 Å². The Morgan fingerprint density at radius 3 is 2.42 bits per heavy atom. The molecule has 0 radical (unpaired) electrons. The Morgan fingerprint density at radius 2 is 1.62 bits per heavy atom. The van der Waals surface area contributed by atoms with Crippen molar-refractivity contribution in [2.75, 3.05) is 7.11 Å². The summed E-state index contributed by atoms with van der Waals surface area (Å²) in [6.45, 7) is 3.85. The average Bonchev–Trinajstić information content (AvgIpc) is 2.90. The molecule has 3 aromatic carbocycles. The zero-order valence-corrected chi connectivity index (χ0v) is 13.4. The lowest BCUT2D eigenvalue weighted by atomic mass is 9.90. The average molecular weight is 315 g/mol. The van der Waals surface area contributed by atoms with E-state index in [1.165, 1.54) is 0 Å². The molecule has 0 spiro atoms. The maximum Gasteiger partial charge on any atom is 0.261 e. The standard InChI is InChI=1S/C21H17NO2/c1-3-22-20(23)17-12-6-7-13-19(17)21(22,24-2)18-14-8-10-15-9-4-5-11-16(15)18/h3-14H,1H2,2H3. The van der Waals surface area contributed by atoms with Gasteiger partial charge in [-0.3, -0.25) is 9.69 Å². The number of hydrogen-bond acceptors (Lipinski definition) is 2. The van der Waals surface area contributed by atoms with Gasteiger partial charge in [-0.05, 0) is 16.8 Å². The molecule has 0 aliphatic carbocycles. The number of rotatable bonds is 3. The zero-order valence-electron chi connectivity index (χ0n) is 13.4. The van der Waals surface area contributed by atoms with Gasteiger partial charge in [0.25, 0.3) is 5.91 Å². The van der Waals surface area contributed by atoms with Crippen LogP contribution >= 0.6 is 0 Å². The van der Waals surface area contributed by atoms with Crippen LogP contribution in [0.15, 0.2) is 79.5 Å². The molecule has 0 fully saturated rings. The minimum Gasteiger partial charge on any atom is -0.350 e. The van der Waals surface area contributed by atoms with E-state index in [9.17, 15) is 4.79 Å². The van der Waals surface area contributed by atoms with Crippen LogP contribution in [-0.4, -0.2) is 17.9 Å². The molecule has 1 atom stereocenters. The van der Waals surface area contributed by atoms with Crippen LogP contribution in [0.2, 0.25) is 0 Å². The summed E-state index contributed by atoms with van der Waals surface area (Å²) in [7, 11) is 1.63. The van der Waals surface area contributed by atoms with E-state index in [0.717, 1.165) is 21.9 Å². The Kier molecular flexibility index (Phi) is 3.25. The van der Waals surface area contributed by atoms with Gasteiger partial charge in [-0.15, -0.1) is 0 Å². The number of carbonyl (C=O) groups is 1. The van der Waals surface area contributed by atoms with Crippen LogP contribution in [0.1, 0.15) is 21.5 Å². The first-order chi connectivity index (χ1) is 11.7. The van der Waals surface area contributed by atoms with Crippen LogP contribution in [0.4, 0.5) is 0 Å². The zero-order chi connectivity index (χ0) is 16.7. The van der Waals surface area contributed by atoms with Gasteiger partial charge >= 0.3 is 0 Å². The third kappa shape index (κ3) is 1.73. The van der Waals surface area contributed by atoms with Crippen molar-refractivity contribution < 1.29 is 9.53 Å². The largest absolute Gasteiger partial charge is 0.350 e. The number of benzene rings is 3. The number of fused-ring (bicyclic) bond motifs is 2. The van der Waals surface area contributed by atoms with Gasteiger partial charge in [-0.1, -0.05) is 67.2 Å². The lowest BCUT2D eigenvalue weighted by Crippen LogP contribution is -2.43. The van der Waals surface area contributed by atoms with Crippen molar-refractivity contribution in [1.82, 2.24) is 4.90 Å². The van der Waals surface area contributed by atoms with Crippen molar-refractivity contribution in [1.29, 1.82) is 0 Å². The van der Waals surface area contributed by atoms with E-state index in [1.807, 2.05) is 48.5 Å². The quantitative estimate of drug-likeness (QED) is 0.722. The molecule has 0 N–H and O–H groups in total. The van der Waals surface area contributed by atoms with Crippen LogP contribution in [0.5, 0.6) is 0 Å². The molecule has 3 nitrogen and oxygen atoms in total. The Bertz CT molecular complexity index is 957. The number of nitrogens with zero attached hydrogens (tertiary/aromatic N) is 1. The van der Waals surface area contributed by atoms with Crippen LogP contribution in [0, 0.1) is 0 Å². The second-order valence-electron chi connectivity index (χ2n) is 5.78. The lowest BCUT2D eigenvalue weighted by molar-refractivity contribution is -0.0608. The summed E-state index contributed by atoms with van der Waals surface area (Å²) in [6, 6.07) is 21.8. The smallest absolute Gasteiger partial charge is 0.261 e. The molecule has 0 bridgehead atoms. The fourth-order valence-electron chi connectivity index (χ4n) is 3.69. The summed E-state index contributed by atoms with van der Waals surface area (Å²) < 4.78 is 6.03. The third-order valence-corrected chi connectivity index (χ3v) is 4.71. The Balaban J connectivity index is 2.12. The molecule has 118 valence electrons. The van der Waals surface area contributed by atoms with Gasteiger partial charge in [-0.25, -0.2) is 0 Å². The predicted molar refractivity (Wildman–Crippen MR) is 94.5 cm³/mol. The van der Waals surface area contributed by atoms with E-state index >= 15 is 0 Å². The molecule has 1 heterocycles. The highest BCUT2D eigenvalue weighted by Gasteiger charge is 2.51. The van der Waals surface area contributed by atoms with Crippen molar-refractivity contribution in [3.05, 3.63) is 96.2 Å². The van der Waals surface area contributed by atoms with E-state index in [0.29, 0.717) is 5.56 Å². The first-order valence-electron chi connectivity index (χ1n) is 7.83. The normalized spacial score (nSPS) is 19.5. The first-order valence-corrected chi connectivity index (χ1v) is 7.83. The third-order valence-electron chi connectivity index (χ3n) is 4.71. The van der Waals surface area contributed by atoms with Crippen LogP contribution in [0.25, 0.3) is 10.8 Å². The van der Waals surface area contributed by atoms with Crippen molar-refractivity contribution in [2.45, 2.75) is 5.72 Å². The molecule has 1 aliphatic rings. The SMILES string of the molecule is C=CN1C(=O)c2ccccc2C1(OC)c1cccc2ccccc12. The molecule has 1 aliphatic heterocycles. The molecule has 1 unspecified atom stereocenters. The van der Waals surface area contributed by atoms with Crippen molar-refractivity contribution >= 4 is 16.7 Å². The Hall–Kier alpha value is -2.91. The molecule has 1 amide bonds. The molecular weight excluding hydrogens is 298 g/mol. The second-order valence-corrected chi connectivity index (χ2v) is 5.78. The lowest BCUT2D eigenvalue weighted by Gasteiger charge is -2.37. The number of hydrogen-bond donors (Lipinski definition) is 0. The van der Waals surface area contributed by atoms with E-state index in [-0.39, 0.29) is 5.91 Å². The highest BCUT2D eigenvalue weighted by Crippen LogP contribution is 2.46. The van der Waals surface area contributed by atoms with Gasteiger partial charge in [0.2, 0.25) is 5.72 Å². The van der Waals surface area contributed by atoms with Crippen molar-refractivity contribution in [2.24, 2.45) is 0 Å². The second kappa shape index (κ2) is 5.32. The van der Waals surface area contributed by atoms with Gasteiger partial charge < -0.3 is 4.74 Å². The van der Waals surface area contributed by atoms with E-state index in [2.05, 4.69) is 24.8 Å². The minimum atomic E-state index is -1.00. The van der Waals surface area contributed by atoms with Gasteiger partial charge in [0.1, 0.15) is 0 Å². The van der Waals surface area contributed by atoms with E-state index in [1.54, 1.807) is 18.2 Å². The van der Waals surface area contributed by atoms with Crippen LogP contribution < -0.4 is 0 Å². The number of amides is 1. The Labute approximate surface area is 140 Å². The number of carbonyl (C=O) groups excluding carboxylic acids is 1. The van der Waals surface area contributed by atoms with E-state index < -0.39 is 5.72 Å². The topological polar surface area (TPSA) is 29.5 Å². The monoisotopic (exact) mass is 315 g/mol. The maximum atomic E-state index is 12.9. The fourth-order valence-corrected chi connectivity index (χ4v) is 3.69. The maximum absolute atomic E-state index is 12.9. The van der Waals surface area contributed by atoms with E-state index in [4.69, 9.17) is 4.74 Å². The highest BCUT2D eigenvalue weighted by atomic mass is 16.5. The highest BCUT2D eigenvalue weighted by molar-refractivity contribution is 6.02. The first kappa shape index (κ1) is 14.7. The van der Waals surface area contributed by atoms with Crippen LogP contribution in [-0.2, 0) is 10.5 Å². The summed E-state index contributed by atoms with van der Waals surface area (Å²) in [5, 5.41) is 2.16. The molecular formula is C21H17NO2.